The Kier molecular flexibility index (Phi) is 3.62. The topological polar surface area (TPSA) is 48.0 Å². The van der Waals surface area contributed by atoms with Crippen molar-refractivity contribution in [2.45, 2.75) is 25.8 Å². The van der Waals surface area contributed by atoms with Crippen molar-refractivity contribution in [1.82, 2.24) is 4.57 Å². The third kappa shape index (κ3) is 2.83. The van der Waals surface area contributed by atoms with Crippen LogP contribution in [0.4, 0.5) is 14.5 Å². The van der Waals surface area contributed by atoms with E-state index in [-0.39, 0.29) is 30.6 Å². The Labute approximate surface area is 80.2 Å². The summed E-state index contributed by atoms with van der Waals surface area (Å²) in [5.41, 5.74) is 5.20. The van der Waals surface area contributed by atoms with Crippen LogP contribution in [0.25, 0.3) is 0 Å². The summed E-state index contributed by atoms with van der Waals surface area (Å²) in [6.45, 7) is 0.286. The van der Waals surface area contributed by atoms with Crippen molar-refractivity contribution >= 4 is 5.69 Å². The van der Waals surface area contributed by atoms with Gasteiger partial charge < -0.3 is 10.3 Å². The molecule has 0 saturated carbocycles. The number of nitrogens with two attached hydrogens (primary N) is 1. The molecule has 0 unspecified atom stereocenters. The molecule has 0 aliphatic rings. The number of pyridine rings is 1. The highest BCUT2D eigenvalue weighted by molar-refractivity contribution is 5.33. The van der Waals surface area contributed by atoms with Crippen molar-refractivity contribution in [1.29, 1.82) is 0 Å². The van der Waals surface area contributed by atoms with Crippen LogP contribution in [0.5, 0.6) is 0 Å². The van der Waals surface area contributed by atoms with E-state index in [1.54, 1.807) is 12.3 Å². The summed E-state index contributed by atoms with van der Waals surface area (Å²) in [7, 11) is 0. The van der Waals surface area contributed by atoms with Crippen LogP contribution in [0.15, 0.2) is 23.1 Å². The number of hydrogen-bond acceptors (Lipinski definition) is 2. The van der Waals surface area contributed by atoms with Crippen molar-refractivity contribution < 1.29 is 8.78 Å². The maximum absolute atomic E-state index is 11.8. The summed E-state index contributed by atoms with van der Waals surface area (Å²) in [6.07, 6.45) is -0.682. The van der Waals surface area contributed by atoms with Gasteiger partial charge in [0.1, 0.15) is 0 Å². The van der Waals surface area contributed by atoms with Gasteiger partial charge >= 0.3 is 0 Å². The zero-order chi connectivity index (χ0) is 10.6. The van der Waals surface area contributed by atoms with Gasteiger partial charge in [0.05, 0.1) is 5.69 Å². The molecule has 14 heavy (non-hydrogen) atoms. The van der Waals surface area contributed by atoms with Crippen LogP contribution in [0, 0.1) is 0 Å². The zero-order valence-electron chi connectivity index (χ0n) is 7.62. The van der Waals surface area contributed by atoms with Crippen LogP contribution >= 0.6 is 0 Å². The maximum Gasteiger partial charge on any atom is 0.273 e. The lowest BCUT2D eigenvalue weighted by molar-refractivity contribution is 0.133. The van der Waals surface area contributed by atoms with Gasteiger partial charge in [-0.2, -0.15) is 0 Å². The predicted molar refractivity (Wildman–Crippen MR) is 50.4 cm³/mol. The number of alkyl halides is 2. The minimum absolute atomic E-state index is 0.143. The standard InChI is InChI=1S/C9H12F2N2O/c10-8(11)4-2-6-13-5-1-3-7(12)9(13)14/h1,3,5,8H,2,4,6,12H2. The maximum atomic E-state index is 11.8. The molecule has 1 aromatic heterocycles. The molecule has 3 nitrogen and oxygen atoms in total. The van der Waals surface area contributed by atoms with Crippen molar-refractivity contribution in [3.8, 4) is 0 Å². The molecule has 0 aliphatic carbocycles. The van der Waals surface area contributed by atoms with Gasteiger partial charge in [-0.05, 0) is 18.6 Å². The Balaban J connectivity index is 2.59. The van der Waals surface area contributed by atoms with Crippen LogP contribution in [0.3, 0.4) is 0 Å². The molecule has 1 rings (SSSR count). The van der Waals surface area contributed by atoms with E-state index in [0.717, 1.165) is 0 Å². The lowest BCUT2D eigenvalue weighted by Crippen LogP contribution is -2.22. The van der Waals surface area contributed by atoms with Crippen molar-refractivity contribution in [2.75, 3.05) is 5.73 Å². The molecule has 1 heterocycles. The fourth-order valence-electron chi connectivity index (χ4n) is 1.15. The molecule has 0 aliphatic heterocycles. The quantitative estimate of drug-likeness (QED) is 0.803. The van der Waals surface area contributed by atoms with Crippen LogP contribution in [-0.2, 0) is 6.54 Å². The normalized spacial score (nSPS) is 10.8. The predicted octanol–water partition coefficient (Wildman–Crippen LogP) is 1.48. The van der Waals surface area contributed by atoms with Crippen LogP contribution < -0.4 is 11.3 Å². The van der Waals surface area contributed by atoms with E-state index >= 15 is 0 Å². The summed E-state index contributed by atoms with van der Waals surface area (Å²) in [5, 5.41) is 0. The Morgan fingerprint density at radius 2 is 2.21 bits per heavy atom. The zero-order valence-corrected chi connectivity index (χ0v) is 7.62. The second kappa shape index (κ2) is 4.74. The largest absolute Gasteiger partial charge is 0.394 e. The summed E-state index contributed by atoms with van der Waals surface area (Å²) >= 11 is 0. The van der Waals surface area contributed by atoms with Gasteiger partial charge in [-0.1, -0.05) is 0 Å². The SMILES string of the molecule is Nc1cccn(CCCC(F)F)c1=O. The van der Waals surface area contributed by atoms with E-state index in [4.69, 9.17) is 5.73 Å². The van der Waals surface area contributed by atoms with Gasteiger partial charge in [-0.15, -0.1) is 0 Å². The van der Waals surface area contributed by atoms with Gasteiger partial charge in [0.25, 0.3) is 5.56 Å². The number of nitrogen functional groups attached to an aromatic ring is 1. The Hall–Kier alpha value is -1.39. The van der Waals surface area contributed by atoms with Gasteiger partial charge in [-0.25, -0.2) is 8.78 Å². The van der Waals surface area contributed by atoms with Crippen molar-refractivity contribution in [3.05, 3.63) is 28.7 Å². The number of anilines is 1. The molecule has 2 N–H and O–H groups in total. The first kappa shape index (κ1) is 10.7. The summed E-state index contributed by atoms with van der Waals surface area (Å²) in [6, 6.07) is 3.12. The summed E-state index contributed by atoms with van der Waals surface area (Å²) in [4.78, 5) is 11.3. The van der Waals surface area contributed by atoms with Gasteiger partial charge in [-0.3, -0.25) is 4.79 Å². The molecular formula is C9H12F2N2O. The van der Waals surface area contributed by atoms with E-state index in [0.29, 0.717) is 0 Å². The van der Waals surface area contributed by atoms with Crippen LogP contribution in [0.2, 0.25) is 0 Å². The Bertz CT molecular complexity index is 349. The molecule has 0 atom stereocenters. The summed E-state index contributed by atoms with van der Waals surface area (Å²) in [5.74, 6) is 0. The third-order valence-electron chi connectivity index (χ3n) is 1.87. The van der Waals surface area contributed by atoms with Crippen LogP contribution in [-0.4, -0.2) is 11.0 Å². The molecule has 0 amide bonds. The first-order valence-corrected chi connectivity index (χ1v) is 4.34. The lowest BCUT2D eigenvalue weighted by Gasteiger charge is -2.05. The lowest BCUT2D eigenvalue weighted by atomic mass is 10.3. The van der Waals surface area contributed by atoms with Gasteiger partial charge in [0.15, 0.2) is 0 Å². The molecule has 0 bridgehead atoms. The number of nitrogens with zero attached hydrogens (tertiary/aromatic N) is 1. The molecule has 1 aromatic rings. The van der Waals surface area contributed by atoms with E-state index in [1.807, 2.05) is 0 Å². The molecular weight excluding hydrogens is 190 g/mol. The minimum Gasteiger partial charge on any atom is -0.394 e. The first-order valence-electron chi connectivity index (χ1n) is 4.34. The molecule has 0 fully saturated rings. The number of halogens is 2. The highest BCUT2D eigenvalue weighted by Gasteiger charge is 2.03. The minimum atomic E-state index is -2.31. The molecule has 5 heteroatoms. The highest BCUT2D eigenvalue weighted by atomic mass is 19.3. The second-order valence-electron chi connectivity index (χ2n) is 3.00. The Morgan fingerprint density at radius 1 is 1.50 bits per heavy atom. The molecule has 0 aromatic carbocycles. The summed E-state index contributed by atoms with van der Waals surface area (Å²) < 4.78 is 25.0. The molecule has 0 radical (unpaired) electrons. The average Bonchev–Trinajstić information content (AvgIpc) is 2.12. The smallest absolute Gasteiger partial charge is 0.273 e. The van der Waals surface area contributed by atoms with Crippen molar-refractivity contribution in [2.24, 2.45) is 0 Å². The van der Waals surface area contributed by atoms with E-state index in [2.05, 4.69) is 0 Å². The fraction of sp³-hybridized carbons (Fsp3) is 0.444. The molecule has 0 spiro atoms. The third-order valence-corrected chi connectivity index (χ3v) is 1.87. The highest BCUT2D eigenvalue weighted by Crippen LogP contribution is 2.04. The Morgan fingerprint density at radius 3 is 2.86 bits per heavy atom. The first-order chi connectivity index (χ1) is 6.61. The van der Waals surface area contributed by atoms with Gasteiger partial charge in [0.2, 0.25) is 6.43 Å². The van der Waals surface area contributed by atoms with Gasteiger partial charge in [0, 0.05) is 19.2 Å². The van der Waals surface area contributed by atoms with E-state index < -0.39 is 6.43 Å². The second-order valence-corrected chi connectivity index (χ2v) is 3.00. The number of aryl methyl sites for hydroxylation is 1. The fourth-order valence-corrected chi connectivity index (χ4v) is 1.15. The molecule has 0 saturated heterocycles. The number of aromatic nitrogens is 1. The van der Waals surface area contributed by atoms with E-state index in [1.165, 1.54) is 10.6 Å². The van der Waals surface area contributed by atoms with E-state index in [9.17, 15) is 13.6 Å². The number of rotatable bonds is 4. The molecule has 78 valence electrons. The number of hydrogen-bond donors (Lipinski definition) is 1. The van der Waals surface area contributed by atoms with Crippen molar-refractivity contribution in [3.63, 3.8) is 0 Å². The average molecular weight is 202 g/mol. The van der Waals surface area contributed by atoms with Crippen LogP contribution in [0.1, 0.15) is 12.8 Å². The monoisotopic (exact) mass is 202 g/mol.